The third kappa shape index (κ3) is 5.33. The van der Waals surface area contributed by atoms with E-state index in [9.17, 15) is 24.8 Å². The van der Waals surface area contributed by atoms with Crippen molar-refractivity contribution in [3.05, 3.63) is 116 Å². The summed E-state index contributed by atoms with van der Waals surface area (Å²) in [6.07, 6.45) is 0. The standard InChI is InChI=1S/C29H19ClN4O7S2/c1-40-20-7-3-5-17-13-21(41-26(17)20)24(35)22-23(16-4-2-6-19(12-16)34(38)39)33(27(37)25(22)36)28-31-32-29(43-28)42-14-15-8-10-18(30)11-9-15/h2-13,23,36H,14H2,1H3. The number of non-ortho nitro benzene ring substituents is 1. The number of thioether (sulfide) groups is 1. The van der Waals surface area contributed by atoms with Gasteiger partial charge in [0.05, 0.1) is 23.6 Å². The number of aliphatic hydroxyl groups is 1. The van der Waals surface area contributed by atoms with Crippen LogP contribution in [0.5, 0.6) is 5.75 Å². The van der Waals surface area contributed by atoms with E-state index in [2.05, 4.69) is 10.2 Å². The largest absolute Gasteiger partial charge is 0.503 e. The van der Waals surface area contributed by atoms with E-state index in [1.165, 1.54) is 49.2 Å². The Morgan fingerprint density at radius 3 is 2.67 bits per heavy atom. The summed E-state index contributed by atoms with van der Waals surface area (Å²) < 4.78 is 11.7. The molecule has 0 spiro atoms. The minimum absolute atomic E-state index is 0.0979. The number of hydrogen-bond donors (Lipinski definition) is 1. The fourth-order valence-electron chi connectivity index (χ4n) is 4.68. The summed E-state index contributed by atoms with van der Waals surface area (Å²) >= 11 is 8.43. The molecule has 43 heavy (non-hydrogen) atoms. The molecule has 3 heterocycles. The number of benzene rings is 3. The van der Waals surface area contributed by atoms with Gasteiger partial charge in [0.15, 0.2) is 27.2 Å². The lowest BCUT2D eigenvalue weighted by molar-refractivity contribution is -0.384. The third-order valence-corrected chi connectivity index (χ3v) is 9.06. The first kappa shape index (κ1) is 28.4. The number of carbonyl (C=O) groups excluding carboxylic acids is 2. The van der Waals surface area contributed by atoms with Gasteiger partial charge in [0.1, 0.15) is 0 Å². The number of aromatic nitrogens is 2. The number of halogens is 1. The first-order valence-electron chi connectivity index (χ1n) is 12.6. The molecule has 0 fully saturated rings. The van der Waals surface area contributed by atoms with Gasteiger partial charge in [0, 0.05) is 28.3 Å². The molecule has 0 saturated carbocycles. The highest BCUT2D eigenvalue weighted by atomic mass is 35.5. The van der Waals surface area contributed by atoms with Crippen molar-refractivity contribution in [2.24, 2.45) is 0 Å². The number of nitro benzene ring substituents is 1. The number of ether oxygens (including phenoxy) is 1. The molecule has 5 aromatic rings. The lowest BCUT2D eigenvalue weighted by Crippen LogP contribution is -2.31. The second-order valence-corrected chi connectivity index (χ2v) is 11.9. The van der Waals surface area contributed by atoms with Crippen molar-refractivity contribution in [2.75, 3.05) is 12.0 Å². The van der Waals surface area contributed by atoms with Crippen molar-refractivity contribution in [1.82, 2.24) is 10.2 Å². The zero-order valence-electron chi connectivity index (χ0n) is 22.1. The molecule has 1 aliphatic heterocycles. The van der Waals surface area contributed by atoms with Crippen molar-refractivity contribution < 1.29 is 28.8 Å². The van der Waals surface area contributed by atoms with E-state index in [4.69, 9.17) is 20.8 Å². The zero-order chi connectivity index (χ0) is 30.2. The highest BCUT2D eigenvalue weighted by Crippen LogP contribution is 2.45. The molecule has 1 N–H and O–H groups in total. The van der Waals surface area contributed by atoms with E-state index >= 15 is 0 Å². The molecule has 0 aliphatic carbocycles. The Labute approximate surface area is 256 Å². The molecule has 6 rings (SSSR count). The quantitative estimate of drug-likeness (QED) is 0.0594. The molecule has 1 amide bonds. The second kappa shape index (κ2) is 11.5. The smallest absolute Gasteiger partial charge is 0.296 e. The number of para-hydroxylation sites is 1. The maximum absolute atomic E-state index is 13.9. The van der Waals surface area contributed by atoms with Gasteiger partial charge < -0.3 is 14.3 Å². The van der Waals surface area contributed by atoms with Gasteiger partial charge in [-0.25, -0.2) is 0 Å². The first-order chi connectivity index (χ1) is 20.7. The number of fused-ring (bicyclic) bond motifs is 1. The molecular weight excluding hydrogens is 616 g/mol. The monoisotopic (exact) mass is 634 g/mol. The van der Waals surface area contributed by atoms with Crippen LogP contribution in [0.15, 0.2) is 92.9 Å². The number of anilines is 1. The molecule has 3 aromatic carbocycles. The lowest BCUT2D eigenvalue weighted by Gasteiger charge is -2.23. The Kier molecular flexibility index (Phi) is 7.61. The van der Waals surface area contributed by atoms with E-state index in [0.29, 0.717) is 31.8 Å². The van der Waals surface area contributed by atoms with Crippen LogP contribution in [0.4, 0.5) is 10.8 Å². The zero-order valence-corrected chi connectivity index (χ0v) is 24.5. The Morgan fingerprint density at radius 2 is 1.93 bits per heavy atom. The molecule has 1 aliphatic rings. The molecule has 1 unspecified atom stereocenters. The van der Waals surface area contributed by atoms with Crippen LogP contribution < -0.4 is 9.64 Å². The number of Topliss-reactive ketones (excluding diaryl/α,β-unsaturated/α-hetero) is 1. The molecule has 2 aromatic heterocycles. The Hall–Kier alpha value is -4.72. The van der Waals surface area contributed by atoms with Crippen LogP contribution >= 0.6 is 34.7 Å². The van der Waals surface area contributed by atoms with Crippen LogP contribution in [-0.4, -0.2) is 39.0 Å². The van der Waals surface area contributed by atoms with Crippen molar-refractivity contribution >= 4 is 68.2 Å². The summed E-state index contributed by atoms with van der Waals surface area (Å²) in [6, 6.07) is 18.2. The minimum Gasteiger partial charge on any atom is -0.503 e. The number of aliphatic hydroxyl groups excluding tert-OH is 1. The van der Waals surface area contributed by atoms with Crippen LogP contribution in [0.3, 0.4) is 0 Å². The van der Waals surface area contributed by atoms with Crippen LogP contribution in [-0.2, 0) is 10.5 Å². The van der Waals surface area contributed by atoms with E-state index in [1.807, 2.05) is 12.1 Å². The van der Waals surface area contributed by atoms with Crippen LogP contribution in [0.25, 0.3) is 11.0 Å². The van der Waals surface area contributed by atoms with Crippen molar-refractivity contribution in [3.8, 4) is 5.75 Å². The topological polar surface area (TPSA) is 149 Å². The molecule has 0 radical (unpaired) electrons. The average molecular weight is 635 g/mol. The normalized spacial score (nSPS) is 15.0. The predicted molar refractivity (Wildman–Crippen MR) is 161 cm³/mol. The van der Waals surface area contributed by atoms with Gasteiger partial charge in [-0.3, -0.25) is 24.6 Å². The fourth-order valence-corrected chi connectivity index (χ4v) is 6.63. The molecule has 0 saturated heterocycles. The van der Waals surface area contributed by atoms with E-state index in [-0.39, 0.29) is 27.7 Å². The van der Waals surface area contributed by atoms with Crippen molar-refractivity contribution in [3.63, 3.8) is 0 Å². The number of amides is 1. The fraction of sp³-hybridized carbons (Fsp3) is 0.103. The maximum atomic E-state index is 13.9. The number of methoxy groups -OCH3 is 1. The predicted octanol–water partition coefficient (Wildman–Crippen LogP) is 6.93. The molecule has 14 heteroatoms. The number of hydrogen-bond acceptors (Lipinski definition) is 11. The summed E-state index contributed by atoms with van der Waals surface area (Å²) in [5.74, 6) is -1.70. The Morgan fingerprint density at radius 1 is 1.16 bits per heavy atom. The molecule has 0 bridgehead atoms. The highest BCUT2D eigenvalue weighted by Gasteiger charge is 2.47. The van der Waals surface area contributed by atoms with Crippen LogP contribution in [0.1, 0.15) is 27.7 Å². The van der Waals surface area contributed by atoms with Gasteiger partial charge >= 0.3 is 0 Å². The van der Waals surface area contributed by atoms with E-state index in [0.717, 1.165) is 21.8 Å². The average Bonchev–Trinajstić information content (AvgIpc) is 3.73. The van der Waals surface area contributed by atoms with Crippen molar-refractivity contribution in [2.45, 2.75) is 16.1 Å². The molecular formula is C29H19ClN4O7S2. The van der Waals surface area contributed by atoms with Gasteiger partial charge in [-0.15, -0.1) is 10.2 Å². The Balaban J connectivity index is 1.39. The molecule has 11 nitrogen and oxygen atoms in total. The van der Waals surface area contributed by atoms with Gasteiger partial charge in [-0.2, -0.15) is 0 Å². The highest BCUT2D eigenvalue weighted by molar-refractivity contribution is 8.00. The summed E-state index contributed by atoms with van der Waals surface area (Å²) in [5, 5.41) is 32.3. The number of carbonyl (C=O) groups is 2. The van der Waals surface area contributed by atoms with Gasteiger partial charge in [-0.1, -0.05) is 71.1 Å². The summed E-state index contributed by atoms with van der Waals surface area (Å²) in [4.78, 5) is 39.6. The number of furan rings is 1. The van der Waals surface area contributed by atoms with Crippen molar-refractivity contribution in [1.29, 1.82) is 0 Å². The number of nitrogens with zero attached hydrogens (tertiary/aromatic N) is 4. The first-order valence-corrected chi connectivity index (χ1v) is 14.8. The second-order valence-electron chi connectivity index (χ2n) is 9.28. The summed E-state index contributed by atoms with van der Waals surface area (Å²) in [7, 11) is 1.46. The van der Waals surface area contributed by atoms with E-state index < -0.39 is 28.4 Å². The third-order valence-electron chi connectivity index (χ3n) is 6.68. The lowest BCUT2D eigenvalue weighted by atomic mass is 9.95. The SMILES string of the molecule is COc1cccc2cc(C(=O)C3=C(O)C(=O)N(c4nnc(SCc5ccc(Cl)cc5)s4)C3c3cccc([N+](=O)[O-])c3)oc12. The van der Waals surface area contributed by atoms with E-state index in [1.54, 1.807) is 30.3 Å². The Bertz CT molecular complexity index is 1940. The molecule has 1 atom stereocenters. The maximum Gasteiger partial charge on any atom is 0.296 e. The molecule has 216 valence electrons. The van der Waals surface area contributed by atoms with Crippen LogP contribution in [0, 0.1) is 10.1 Å². The number of ketones is 1. The summed E-state index contributed by atoms with van der Waals surface area (Å²) in [5.41, 5.74) is 0.955. The van der Waals surface area contributed by atoms with Gasteiger partial charge in [0.25, 0.3) is 11.6 Å². The summed E-state index contributed by atoms with van der Waals surface area (Å²) in [6.45, 7) is 0. The van der Waals surface area contributed by atoms with Crippen LogP contribution in [0.2, 0.25) is 5.02 Å². The van der Waals surface area contributed by atoms with Gasteiger partial charge in [-0.05, 0) is 35.4 Å². The van der Waals surface area contributed by atoms with Gasteiger partial charge in [0.2, 0.25) is 10.9 Å². The number of rotatable bonds is 9. The minimum atomic E-state index is -1.25. The number of nitro groups is 1.